The molecule has 0 bridgehead atoms. The van der Waals surface area contributed by atoms with Gasteiger partial charge in [0.2, 0.25) is 53.2 Å². The molecule has 8 aliphatic heterocycles. The second-order valence-electron chi connectivity index (χ2n) is 39.3. The van der Waals surface area contributed by atoms with Crippen molar-refractivity contribution < 1.29 is 78.0 Å². The third-order valence-electron chi connectivity index (χ3n) is 26.1. The van der Waals surface area contributed by atoms with E-state index in [2.05, 4.69) is 73.0 Å². The molecule has 8 saturated heterocycles. The minimum Gasteiger partial charge on any atom is -0.480 e. The maximum Gasteiger partial charge on any atom is 0.326 e. The number of carbonyl (C=O) groups excluding carboxylic acids is 9. The van der Waals surface area contributed by atoms with E-state index in [0.717, 1.165) is 123 Å². The number of aliphatic carboxylic acids is 3. The van der Waals surface area contributed by atoms with Crippen molar-refractivity contribution in [1.82, 2.24) is 74.7 Å². The molecule has 0 radical (unpaired) electrons. The lowest BCUT2D eigenvalue weighted by atomic mass is 9.84. The summed E-state index contributed by atoms with van der Waals surface area (Å²) in [6.45, 7) is 36.4. The fourth-order valence-corrected chi connectivity index (χ4v) is 18.7. The van der Waals surface area contributed by atoms with Crippen LogP contribution >= 0.6 is 0 Å². The first kappa shape index (κ1) is 99.2. The summed E-state index contributed by atoms with van der Waals surface area (Å²) < 4.78 is 0. The number of hydrogen-bond acceptors (Lipinski definition) is 19. The van der Waals surface area contributed by atoms with Crippen molar-refractivity contribution in [3.05, 3.63) is 0 Å². The topological polar surface area (TPSA) is 361 Å². The van der Waals surface area contributed by atoms with Crippen LogP contribution in [0.2, 0.25) is 0 Å². The molecule has 0 saturated carbocycles. The van der Waals surface area contributed by atoms with Crippen molar-refractivity contribution in [2.45, 2.75) is 317 Å². The summed E-state index contributed by atoms with van der Waals surface area (Å²) >= 11 is 0. The number of likely N-dealkylation sites (tertiary alicyclic amines) is 8. The largest absolute Gasteiger partial charge is 0.480 e. The molecule has 0 aromatic rings. The van der Waals surface area contributed by atoms with Gasteiger partial charge in [0.05, 0.1) is 42.4 Å². The molecule has 8 aliphatic rings. The van der Waals surface area contributed by atoms with E-state index in [9.17, 15) is 72.9 Å². The maximum atomic E-state index is 14.0. The quantitative estimate of drug-likeness (QED) is 0.0547. The normalized spacial score (nSPS) is 25.8. The number of nitrogens with one attached hydrogen (secondary N) is 3. The Hall–Kier alpha value is -6.64. The van der Waals surface area contributed by atoms with Crippen LogP contribution in [0.15, 0.2) is 0 Å². The highest BCUT2D eigenvalue weighted by Gasteiger charge is 2.49. The fraction of sp³-hybridized carbons (Fsp3) is 0.860. The average molecular weight is 1650 g/mol. The summed E-state index contributed by atoms with van der Waals surface area (Å²) in [6.07, 6.45) is 14.4. The molecule has 31 nitrogen and oxygen atoms in total. The van der Waals surface area contributed by atoms with Gasteiger partial charge in [-0.2, -0.15) is 0 Å². The molecule has 0 aliphatic carbocycles. The monoisotopic (exact) mass is 1650 g/mol. The van der Waals surface area contributed by atoms with E-state index in [0.29, 0.717) is 58.4 Å². The van der Waals surface area contributed by atoms with Crippen LogP contribution in [-0.2, 0) is 57.5 Å². The number of amides is 9. The second-order valence-corrected chi connectivity index (χ2v) is 39.3. The maximum absolute atomic E-state index is 14.0. The molecule has 0 spiro atoms. The number of hydrogen-bond donors (Lipinski definition) is 7. The van der Waals surface area contributed by atoms with E-state index in [1.807, 2.05) is 104 Å². The molecule has 7 N–H and O–H groups in total. The van der Waals surface area contributed by atoms with Crippen LogP contribution in [0.1, 0.15) is 226 Å². The van der Waals surface area contributed by atoms with Crippen LogP contribution in [-0.4, -0.2) is 369 Å². The summed E-state index contributed by atoms with van der Waals surface area (Å²) in [7, 11) is 12.8. The van der Waals surface area contributed by atoms with Gasteiger partial charge in [0, 0.05) is 85.5 Å². The van der Waals surface area contributed by atoms with Gasteiger partial charge in [-0.05, 0) is 191 Å². The number of β-amino-alcohol motifs (C(OH)–C–C–N with tert-alkyl or cyclic N) is 1. The zero-order valence-corrected chi connectivity index (χ0v) is 75.4. The van der Waals surface area contributed by atoms with Gasteiger partial charge < -0.3 is 65.8 Å². The summed E-state index contributed by atoms with van der Waals surface area (Å²) in [6, 6.07) is -6.36. The predicted octanol–water partition coefficient (Wildman–Crippen LogP) is 4.90. The third-order valence-corrected chi connectivity index (χ3v) is 26.1. The molecule has 15 atom stereocenters. The number of carboxylic acids is 3. The lowest BCUT2D eigenvalue weighted by Gasteiger charge is -2.42. The molecule has 8 heterocycles. The van der Waals surface area contributed by atoms with E-state index in [4.69, 9.17) is 5.11 Å². The highest BCUT2D eigenvalue weighted by atomic mass is 16.4. The van der Waals surface area contributed by atoms with Crippen LogP contribution < -0.4 is 16.0 Å². The van der Waals surface area contributed by atoms with Crippen molar-refractivity contribution in [3.8, 4) is 0 Å². The van der Waals surface area contributed by atoms with Crippen molar-refractivity contribution >= 4 is 71.1 Å². The van der Waals surface area contributed by atoms with Gasteiger partial charge in [0.1, 0.15) is 36.8 Å². The first-order chi connectivity index (χ1) is 54.5. The highest BCUT2D eigenvalue weighted by Crippen LogP contribution is 2.34. The van der Waals surface area contributed by atoms with Crippen LogP contribution in [0.5, 0.6) is 0 Å². The Morgan fingerprint density at radius 3 is 0.966 bits per heavy atom. The van der Waals surface area contributed by atoms with Gasteiger partial charge in [-0.1, -0.05) is 123 Å². The number of carbonyl (C=O) groups is 12. The lowest BCUT2D eigenvalue weighted by Crippen LogP contribution is -2.61. The first-order valence-corrected chi connectivity index (χ1v) is 43.8. The minimum absolute atomic E-state index is 0.0231. The first-order valence-electron chi connectivity index (χ1n) is 43.8. The Balaban J connectivity index is 0.000000273. The molecule has 0 aromatic heterocycles. The molecule has 9 amide bonds. The SMILES string of the molecule is CC(C)[C@@H](CN1CCC[C@H]1C(=O)N(C)CC(=O)O)N(C)C(=O)[C@@H](NC(=O)C1CCCCN1C)C(C)(C)C.CC(C)[C@@H](CN1CCC[C@H]1C(=O)N1CC(O)C[C@H]1C(=O)O)N(C)C(=O)[C@@H](NC(=O)C1CCCCN1C)C(C)(C)C.CC(C)[C@@H](CN1CCC[C@H]1C(=O)N1CCCC[C@H]1C(=O)O)N(C)C(=O)[C@@H](NC(=O)C1CCCCN1C)C(C)(C)C. The van der Waals surface area contributed by atoms with E-state index < -0.39 is 82.5 Å². The molecule has 8 fully saturated rings. The predicted molar refractivity (Wildman–Crippen MR) is 449 cm³/mol. The molecule has 8 rings (SSSR count). The van der Waals surface area contributed by atoms with Crippen LogP contribution in [0, 0.1) is 34.0 Å². The summed E-state index contributed by atoms with van der Waals surface area (Å²) in [4.78, 5) is 178. The molecule has 4 unspecified atom stereocenters. The molecular weight excluding hydrogens is 1500 g/mol. The Morgan fingerprint density at radius 2 is 0.667 bits per heavy atom. The minimum atomic E-state index is -1.10. The number of rotatable bonds is 28. The number of nitrogens with zero attached hydrogens (tertiary/aromatic N) is 12. The van der Waals surface area contributed by atoms with Gasteiger partial charge in [-0.25, -0.2) is 9.59 Å². The van der Waals surface area contributed by atoms with E-state index in [1.165, 1.54) is 16.8 Å². The average Bonchev–Trinajstić information content (AvgIpc) is 1.78. The van der Waals surface area contributed by atoms with Crippen molar-refractivity contribution in [2.75, 3.05) is 128 Å². The summed E-state index contributed by atoms with van der Waals surface area (Å²) in [5, 5.41) is 47.7. The Kier molecular flexibility index (Phi) is 37.1. The van der Waals surface area contributed by atoms with Gasteiger partial charge >= 0.3 is 17.9 Å². The van der Waals surface area contributed by atoms with Gasteiger partial charge in [-0.3, -0.25) is 77.3 Å². The van der Waals surface area contributed by atoms with Crippen molar-refractivity contribution in [1.29, 1.82) is 0 Å². The summed E-state index contributed by atoms with van der Waals surface area (Å²) in [5.41, 5.74) is -1.48. The fourth-order valence-electron chi connectivity index (χ4n) is 18.7. The van der Waals surface area contributed by atoms with Crippen LogP contribution in [0.4, 0.5) is 0 Å². The Labute approximate surface area is 699 Å². The molecule has 31 heteroatoms. The molecular formula is C86H153N15O16. The number of carboxylic acid groups (broad SMARTS) is 3. The van der Waals surface area contributed by atoms with E-state index >= 15 is 0 Å². The lowest BCUT2D eigenvalue weighted by molar-refractivity contribution is -0.154. The standard InChI is InChI=1S/C30H53N5O5.C29H51N5O6.C27H49N5O5/c1-20(2)24(19-34-17-12-15-22(34)27(37)35-18-11-9-14-23(35)29(39)40)33(7)28(38)25(30(3,4)5)31-26(36)21-13-8-10-16-32(21)6;1-18(2)23(17-33-14-10-12-21(33)26(37)34-16-19(35)15-22(34)28(39)40)32(7)27(38)24(29(3,4)5)30-25(36)20-11-8-9-13-31(20)6;1-18(2)21(16-32-15-11-13-20(32)25(36)30(7)17-22(33)34)31(8)26(37)23(27(3,4)5)28-24(35)19-12-9-10-14-29(19)6/h20-25H,8-19H2,1-7H3,(H,31,36)(H,39,40);18-24,35H,8-17H2,1-7H3,(H,30,36)(H,39,40);18-21,23H,9-17H2,1-8H3,(H,28,35)(H,33,34)/t21?,22-,23-,24+,25+;19?,20?,21-,22-,23+,24+;19?,20-,21+,23+/m000/s1. The summed E-state index contributed by atoms with van der Waals surface area (Å²) in [5.74, 6) is -4.06. The number of aliphatic hydroxyl groups excluding tert-OH is 1. The molecule has 668 valence electrons. The number of likely N-dealkylation sites (N-methyl/N-ethyl adjacent to an activating group) is 7. The van der Waals surface area contributed by atoms with Gasteiger partial charge in [0.15, 0.2) is 0 Å². The van der Waals surface area contributed by atoms with Crippen LogP contribution in [0.3, 0.4) is 0 Å². The number of aliphatic hydroxyl groups is 1. The van der Waals surface area contributed by atoms with E-state index in [1.54, 1.807) is 33.7 Å². The zero-order chi connectivity index (χ0) is 87.8. The van der Waals surface area contributed by atoms with Crippen molar-refractivity contribution in [3.63, 3.8) is 0 Å². The molecule has 117 heavy (non-hydrogen) atoms. The van der Waals surface area contributed by atoms with Crippen LogP contribution in [0.25, 0.3) is 0 Å². The molecule has 0 aromatic carbocycles. The van der Waals surface area contributed by atoms with E-state index in [-0.39, 0.29) is 133 Å². The number of piperidine rings is 4. The smallest absolute Gasteiger partial charge is 0.326 e. The van der Waals surface area contributed by atoms with Gasteiger partial charge in [-0.15, -0.1) is 0 Å². The third kappa shape index (κ3) is 26.7. The Bertz CT molecular complexity index is 3230. The zero-order valence-electron chi connectivity index (χ0n) is 75.4. The second kappa shape index (κ2) is 43.7. The Morgan fingerprint density at radius 1 is 0.376 bits per heavy atom. The highest BCUT2D eigenvalue weighted by molar-refractivity contribution is 5.93. The van der Waals surface area contributed by atoms with Crippen molar-refractivity contribution in [2.24, 2.45) is 34.0 Å². The van der Waals surface area contributed by atoms with Gasteiger partial charge in [0.25, 0.3) is 0 Å².